The molecule has 0 saturated heterocycles. The van der Waals surface area contributed by atoms with Gasteiger partial charge >= 0.3 is 0 Å². The van der Waals surface area contributed by atoms with Gasteiger partial charge in [0, 0.05) is 20.0 Å². The van der Waals surface area contributed by atoms with Gasteiger partial charge in [0.25, 0.3) is 5.91 Å². The van der Waals surface area contributed by atoms with Crippen LogP contribution in [0.15, 0.2) is 18.2 Å². The lowest BCUT2D eigenvalue weighted by atomic mass is 10.1. The minimum absolute atomic E-state index is 0.0754. The summed E-state index contributed by atoms with van der Waals surface area (Å²) in [5, 5.41) is 14.1. The number of rotatable bonds is 6. The quantitative estimate of drug-likeness (QED) is 0.785. The van der Waals surface area contributed by atoms with Crippen molar-refractivity contribution in [3.63, 3.8) is 0 Å². The molecule has 2 rings (SSSR count). The number of nitrogens with one attached hydrogen (secondary N) is 2. The van der Waals surface area contributed by atoms with E-state index in [9.17, 15) is 9.59 Å². The van der Waals surface area contributed by atoms with Gasteiger partial charge in [0.2, 0.25) is 5.91 Å². The van der Waals surface area contributed by atoms with Crippen molar-refractivity contribution in [2.45, 2.75) is 34.1 Å². The number of aryl methyl sites for hydroxylation is 3. The number of carbonyl (C=O) groups is 2. The monoisotopic (exact) mass is 329 g/mol. The maximum Gasteiger partial charge on any atom is 0.273 e. The number of aromatic nitrogens is 3. The van der Waals surface area contributed by atoms with Gasteiger partial charge in [-0.1, -0.05) is 17.7 Å². The van der Waals surface area contributed by atoms with Gasteiger partial charge in [-0.15, -0.1) is 5.10 Å². The van der Waals surface area contributed by atoms with Crippen molar-refractivity contribution in [1.82, 2.24) is 25.6 Å². The molecular formula is C17H23N5O2. The van der Waals surface area contributed by atoms with E-state index in [2.05, 4.69) is 26.9 Å². The Morgan fingerprint density at radius 2 is 1.79 bits per heavy atom. The molecule has 0 aliphatic carbocycles. The zero-order valence-electron chi connectivity index (χ0n) is 14.5. The van der Waals surface area contributed by atoms with Crippen LogP contribution in [0.2, 0.25) is 0 Å². The Bertz CT molecular complexity index is 751. The highest BCUT2D eigenvalue weighted by molar-refractivity contribution is 5.93. The van der Waals surface area contributed by atoms with E-state index in [1.807, 2.05) is 26.0 Å². The first-order chi connectivity index (χ1) is 11.4. The first kappa shape index (κ1) is 17.7. The van der Waals surface area contributed by atoms with Crippen LogP contribution >= 0.6 is 0 Å². The summed E-state index contributed by atoms with van der Waals surface area (Å²) in [6.07, 6.45) is 0.662. The lowest BCUT2D eigenvalue weighted by Gasteiger charge is -2.05. The second-order valence-corrected chi connectivity index (χ2v) is 5.81. The Labute approximate surface area is 141 Å². The lowest BCUT2D eigenvalue weighted by molar-refractivity contribution is -0.118. The van der Waals surface area contributed by atoms with Crippen molar-refractivity contribution in [1.29, 1.82) is 0 Å². The minimum atomic E-state index is -0.258. The lowest BCUT2D eigenvalue weighted by Crippen LogP contribution is -2.29. The molecule has 1 aromatic heterocycles. The molecule has 2 amide bonds. The molecule has 2 aromatic rings. The van der Waals surface area contributed by atoms with Gasteiger partial charge in [-0.25, -0.2) is 0 Å². The van der Waals surface area contributed by atoms with Crippen LogP contribution in [0.3, 0.4) is 0 Å². The summed E-state index contributed by atoms with van der Waals surface area (Å²) in [7, 11) is 0. The molecule has 24 heavy (non-hydrogen) atoms. The molecule has 1 aromatic carbocycles. The van der Waals surface area contributed by atoms with E-state index in [-0.39, 0.29) is 11.8 Å². The van der Waals surface area contributed by atoms with E-state index in [0.29, 0.717) is 30.9 Å². The van der Waals surface area contributed by atoms with Crippen LogP contribution in [0, 0.1) is 20.8 Å². The average Bonchev–Trinajstić information content (AvgIpc) is 2.88. The summed E-state index contributed by atoms with van der Waals surface area (Å²) in [4.78, 5) is 24.5. The van der Waals surface area contributed by atoms with E-state index in [0.717, 1.165) is 16.8 Å². The molecule has 2 N–H and O–H groups in total. The molecule has 128 valence electrons. The Balaban J connectivity index is 2.03. The van der Waals surface area contributed by atoms with Crippen LogP contribution in [0.1, 0.15) is 40.7 Å². The highest BCUT2D eigenvalue weighted by Gasteiger charge is 2.16. The van der Waals surface area contributed by atoms with Crippen molar-refractivity contribution in [3.05, 3.63) is 40.7 Å². The van der Waals surface area contributed by atoms with Crippen molar-refractivity contribution in [2.24, 2.45) is 0 Å². The normalized spacial score (nSPS) is 10.5. The van der Waals surface area contributed by atoms with Gasteiger partial charge in [0.15, 0.2) is 5.69 Å². The molecule has 0 bridgehead atoms. The third-order valence-electron chi connectivity index (χ3n) is 3.58. The van der Waals surface area contributed by atoms with E-state index >= 15 is 0 Å². The van der Waals surface area contributed by atoms with Gasteiger partial charge in [0.1, 0.15) is 0 Å². The molecule has 7 heteroatoms. The van der Waals surface area contributed by atoms with Gasteiger partial charge in [-0.3, -0.25) is 9.59 Å². The summed E-state index contributed by atoms with van der Waals surface area (Å²) in [5.41, 5.74) is 3.96. The second kappa shape index (κ2) is 7.72. The fraction of sp³-hybridized carbons (Fsp3) is 0.412. The summed E-state index contributed by atoms with van der Waals surface area (Å²) in [5.74, 6) is -0.333. The Morgan fingerprint density at radius 3 is 2.46 bits per heavy atom. The van der Waals surface area contributed by atoms with Crippen LogP contribution < -0.4 is 10.6 Å². The molecule has 0 atom stereocenters. The predicted molar refractivity (Wildman–Crippen MR) is 91.2 cm³/mol. The van der Waals surface area contributed by atoms with E-state index in [4.69, 9.17) is 0 Å². The molecule has 0 fully saturated rings. The number of carbonyl (C=O) groups excluding carboxylic acids is 2. The third kappa shape index (κ3) is 4.41. The zero-order chi connectivity index (χ0) is 17.7. The number of amides is 2. The summed E-state index contributed by atoms with van der Waals surface area (Å²) in [6, 6.07) is 5.98. The van der Waals surface area contributed by atoms with Gasteiger partial charge in [0.05, 0.1) is 11.4 Å². The Kier molecular flexibility index (Phi) is 5.68. The molecule has 1 heterocycles. The van der Waals surface area contributed by atoms with Crippen molar-refractivity contribution in [3.8, 4) is 5.69 Å². The van der Waals surface area contributed by atoms with Crippen LogP contribution in [0.4, 0.5) is 0 Å². The largest absolute Gasteiger partial charge is 0.356 e. The number of hydrogen-bond donors (Lipinski definition) is 2. The smallest absolute Gasteiger partial charge is 0.273 e. The number of nitrogens with zero attached hydrogens (tertiary/aromatic N) is 3. The number of benzene rings is 1. The first-order valence-corrected chi connectivity index (χ1v) is 7.92. The van der Waals surface area contributed by atoms with Crippen molar-refractivity contribution in [2.75, 3.05) is 13.1 Å². The van der Waals surface area contributed by atoms with Crippen LogP contribution in [0.25, 0.3) is 5.69 Å². The van der Waals surface area contributed by atoms with Gasteiger partial charge in [-0.05, 0) is 38.8 Å². The standard InChI is InChI=1S/C17H23N5O2/c1-11-6-7-15(12(2)10-11)22-20-13(3)16(21-22)17(24)19-9-5-8-18-14(4)23/h6-7,10H,5,8-9H2,1-4H3,(H,18,23)(H,19,24). The average molecular weight is 329 g/mol. The maximum atomic E-state index is 12.2. The van der Waals surface area contributed by atoms with Gasteiger partial charge < -0.3 is 10.6 Å². The Morgan fingerprint density at radius 1 is 1.08 bits per heavy atom. The zero-order valence-corrected chi connectivity index (χ0v) is 14.5. The van der Waals surface area contributed by atoms with E-state index < -0.39 is 0 Å². The molecule has 0 saturated carbocycles. The third-order valence-corrected chi connectivity index (χ3v) is 3.58. The predicted octanol–water partition coefficient (Wildman–Crippen LogP) is 1.45. The molecule has 0 unspecified atom stereocenters. The molecule has 0 spiro atoms. The first-order valence-electron chi connectivity index (χ1n) is 7.92. The van der Waals surface area contributed by atoms with Crippen LogP contribution in [-0.4, -0.2) is 39.9 Å². The molecular weight excluding hydrogens is 306 g/mol. The SMILES string of the molecule is CC(=O)NCCCNC(=O)c1nn(-c2ccc(C)cc2C)nc1C. The van der Waals surface area contributed by atoms with Crippen molar-refractivity contribution < 1.29 is 9.59 Å². The van der Waals surface area contributed by atoms with Crippen LogP contribution in [-0.2, 0) is 4.79 Å². The van der Waals surface area contributed by atoms with E-state index in [1.165, 1.54) is 11.7 Å². The fourth-order valence-electron chi connectivity index (χ4n) is 2.36. The highest BCUT2D eigenvalue weighted by Crippen LogP contribution is 2.15. The molecule has 0 aliphatic heterocycles. The number of hydrogen-bond acceptors (Lipinski definition) is 4. The van der Waals surface area contributed by atoms with Crippen LogP contribution in [0.5, 0.6) is 0 Å². The maximum absolute atomic E-state index is 12.2. The Hall–Kier alpha value is -2.70. The minimum Gasteiger partial charge on any atom is -0.356 e. The summed E-state index contributed by atoms with van der Waals surface area (Å²) in [6.45, 7) is 8.24. The highest BCUT2D eigenvalue weighted by atomic mass is 16.2. The molecule has 7 nitrogen and oxygen atoms in total. The van der Waals surface area contributed by atoms with E-state index in [1.54, 1.807) is 6.92 Å². The second-order valence-electron chi connectivity index (χ2n) is 5.81. The van der Waals surface area contributed by atoms with Crippen molar-refractivity contribution >= 4 is 11.8 Å². The summed E-state index contributed by atoms with van der Waals surface area (Å²) < 4.78 is 0. The molecule has 0 radical (unpaired) electrons. The fourth-order valence-corrected chi connectivity index (χ4v) is 2.36. The topological polar surface area (TPSA) is 88.9 Å². The summed E-state index contributed by atoms with van der Waals surface area (Å²) >= 11 is 0. The van der Waals surface area contributed by atoms with Gasteiger partial charge in [-0.2, -0.15) is 9.90 Å². The molecule has 0 aliphatic rings.